The molecule has 2 amide bonds. The summed E-state index contributed by atoms with van der Waals surface area (Å²) in [6.45, 7) is 0.955. The van der Waals surface area contributed by atoms with Crippen molar-refractivity contribution in [2.75, 3.05) is 5.32 Å². The lowest BCUT2D eigenvalue weighted by atomic mass is 9.81. The van der Waals surface area contributed by atoms with Crippen molar-refractivity contribution in [3.8, 4) is 0 Å². The molecule has 3 aliphatic rings. The third-order valence-electron chi connectivity index (χ3n) is 7.28. The van der Waals surface area contributed by atoms with E-state index in [0.29, 0.717) is 13.1 Å². The fourth-order valence-electron chi connectivity index (χ4n) is 5.57. The quantitative estimate of drug-likeness (QED) is 0.547. The molecule has 2 aromatic rings. The van der Waals surface area contributed by atoms with Crippen LogP contribution in [0.5, 0.6) is 0 Å². The highest BCUT2D eigenvalue weighted by atomic mass is 79.9. The number of carbonyl (C=O) groups excluding carboxylic acids is 2. The van der Waals surface area contributed by atoms with Crippen LogP contribution < -0.4 is 16.4 Å². The zero-order valence-electron chi connectivity index (χ0n) is 17.2. The maximum absolute atomic E-state index is 13.3. The van der Waals surface area contributed by atoms with Crippen molar-refractivity contribution < 1.29 is 9.59 Å². The number of hydrogen-bond donors (Lipinski definition) is 3. The lowest BCUT2D eigenvalue weighted by Crippen LogP contribution is -2.41. The second-order valence-electron chi connectivity index (χ2n) is 8.96. The average Bonchev–Trinajstić information content (AvgIpc) is 3.46. The molecule has 2 aromatic carbocycles. The Morgan fingerprint density at radius 2 is 1.48 bits per heavy atom. The molecule has 4 atom stereocenters. The molecule has 0 aliphatic heterocycles. The standard InChI is InChI=1S/C25H26BrN3O2/c26-17-5-7-18(8-6-17)29-24(31)22-20-10-9-19(25(20)11-12-25)21(22)23(30)28-14-16-3-1-15(13-27)2-4-16/h1-10,19-22H,11-14,27H2,(H,28,30)(H,29,31)/t19-,20-,21-,22-/m1/s1. The van der Waals surface area contributed by atoms with Crippen molar-refractivity contribution in [3.63, 3.8) is 0 Å². The number of hydrogen-bond acceptors (Lipinski definition) is 3. The van der Waals surface area contributed by atoms with Gasteiger partial charge in [-0.2, -0.15) is 0 Å². The van der Waals surface area contributed by atoms with E-state index >= 15 is 0 Å². The predicted octanol–water partition coefficient (Wildman–Crippen LogP) is 3.99. The van der Waals surface area contributed by atoms with E-state index in [9.17, 15) is 9.59 Å². The average molecular weight is 480 g/mol. The molecule has 160 valence electrons. The normalized spacial score (nSPS) is 26.8. The number of nitrogens with one attached hydrogen (secondary N) is 2. The molecule has 2 saturated carbocycles. The molecular formula is C25H26BrN3O2. The third-order valence-corrected chi connectivity index (χ3v) is 7.81. The summed E-state index contributed by atoms with van der Waals surface area (Å²) < 4.78 is 0.960. The topological polar surface area (TPSA) is 84.2 Å². The van der Waals surface area contributed by atoms with Crippen LogP contribution in [-0.2, 0) is 22.7 Å². The summed E-state index contributed by atoms with van der Waals surface area (Å²) >= 11 is 3.42. The molecule has 0 radical (unpaired) electrons. The minimum Gasteiger partial charge on any atom is -0.352 e. The molecule has 4 N–H and O–H groups in total. The first-order valence-corrected chi connectivity index (χ1v) is 11.6. The van der Waals surface area contributed by atoms with E-state index in [0.717, 1.165) is 34.1 Å². The van der Waals surface area contributed by atoms with Gasteiger partial charge in [-0.3, -0.25) is 9.59 Å². The van der Waals surface area contributed by atoms with Crippen molar-refractivity contribution >= 4 is 33.4 Å². The summed E-state index contributed by atoms with van der Waals surface area (Å²) in [5, 5.41) is 6.14. The lowest BCUT2D eigenvalue weighted by Gasteiger charge is -2.26. The minimum atomic E-state index is -0.333. The molecule has 31 heavy (non-hydrogen) atoms. The lowest BCUT2D eigenvalue weighted by molar-refractivity contribution is -0.133. The van der Waals surface area contributed by atoms with Gasteiger partial charge in [0.15, 0.2) is 0 Å². The molecule has 6 heteroatoms. The number of halogens is 1. The molecular weight excluding hydrogens is 454 g/mol. The first-order valence-electron chi connectivity index (χ1n) is 10.8. The fourth-order valence-corrected chi connectivity index (χ4v) is 5.83. The molecule has 5 rings (SSSR count). The van der Waals surface area contributed by atoms with E-state index in [1.54, 1.807) is 0 Å². The molecule has 2 fully saturated rings. The number of amides is 2. The largest absolute Gasteiger partial charge is 0.352 e. The van der Waals surface area contributed by atoms with Crippen LogP contribution >= 0.6 is 15.9 Å². The SMILES string of the molecule is NCc1ccc(CNC(=O)[C@H]2[C@H](C(=O)Nc3ccc(Br)cc3)[C@H]3C=C[C@H]2C32CC2)cc1. The van der Waals surface area contributed by atoms with Crippen LogP contribution in [0.2, 0.25) is 0 Å². The van der Waals surface area contributed by atoms with E-state index in [-0.39, 0.29) is 40.9 Å². The highest BCUT2D eigenvalue weighted by Crippen LogP contribution is 2.72. The molecule has 0 aromatic heterocycles. The highest BCUT2D eigenvalue weighted by molar-refractivity contribution is 9.10. The van der Waals surface area contributed by atoms with Gasteiger partial charge in [0.1, 0.15) is 0 Å². The van der Waals surface area contributed by atoms with E-state index in [1.165, 1.54) is 0 Å². The number of nitrogens with two attached hydrogens (primary N) is 1. The maximum atomic E-state index is 13.3. The first kappa shape index (κ1) is 20.5. The van der Waals surface area contributed by atoms with Gasteiger partial charge in [0.2, 0.25) is 11.8 Å². The van der Waals surface area contributed by atoms with Crippen molar-refractivity contribution in [3.05, 3.63) is 76.3 Å². The summed E-state index contributed by atoms with van der Waals surface area (Å²) in [4.78, 5) is 26.6. The van der Waals surface area contributed by atoms with E-state index in [2.05, 4.69) is 38.7 Å². The Hall–Kier alpha value is -2.44. The Kier molecular flexibility index (Phi) is 5.22. The van der Waals surface area contributed by atoms with Gasteiger partial charge in [0.25, 0.3) is 0 Å². The van der Waals surface area contributed by atoms with Crippen molar-refractivity contribution in [2.24, 2.45) is 34.8 Å². The Labute approximate surface area is 190 Å². The number of benzene rings is 2. The smallest absolute Gasteiger partial charge is 0.228 e. The van der Waals surface area contributed by atoms with Crippen LogP contribution in [0.1, 0.15) is 24.0 Å². The molecule has 0 unspecified atom stereocenters. The van der Waals surface area contributed by atoms with Crippen LogP contribution in [0.15, 0.2) is 65.2 Å². The van der Waals surface area contributed by atoms with Gasteiger partial charge < -0.3 is 16.4 Å². The Morgan fingerprint density at radius 1 is 0.903 bits per heavy atom. The van der Waals surface area contributed by atoms with Gasteiger partial charge in [-0.1, -0.05) is 52.3 Å². The molecule has 5 nitrogen and oxygen atoms in total. The van der Waals surface area contributed by atoms with Crippen LogP contribution in [0.4, 0.5) is 5.69 Å². The summed E-state index contributed by atoms with van der Waals surface area (Å²) in [6.07, 6.45) is 6.56. The third kappa shape index (κ3) is 3.62. The van der Waals surface area contributed by atoms with Crippen molar-refractivity contribution in [2.45, 2.75) is 25.9 Å². The van der Waals surface area contributed by atoms with E-state index in [4.69, 9.17) is 5.73 Å². The zero-order chi connectivity index (χ0) is 21.6. The minimum absolute atomic E-state index is 0.0259. The van der Waals surface area contributed by atoms with Gasteiger partial charge in [-0.15, -0.1) is 0 Å². The second kappa shape index (κ2) is 7.92. The maximum Gasteiger partial charge on any atom is 0.228 e. The van der Waals surface area contributed by atoms with Gasteiger partial charge in [-0.25, -0.2) is 0 Å². The van der Waals surface area contributed by atoms with Crippen LogP contribution in [0, 0.1) is 29.1 Å². The van der Waals surface area contributed by atoms with Crippen LogP contribution in [0.3, 0.4) is 0 Å². The van der Waals surface area contributed by atoms with Crippen LogP contribution in [0.25, 0.3) is 0 Å². The van der Waals surface area contributed by atoms with Gasteiger partial charge >= 0.3 is 0 Å². The molecule has 3 aliphatic carbocycles. The van der Waals surface area contributed by atoms with Crippen LogP contribution in [-0.4, -0.2) is 11.8 Å². The summed E-state index contributed by atoms with van der Waals surface area (Å²) in [5.74, 6) is -0.442. The number of allylic oxidation sites excluding steroid dienone is 2. The molecule has 0 saturated heterocycles. The van der Waals surface area contributed by atoms with Gasteiger partial charge in [0.05, 0.1) is 11.8 Å². The zero-order valence-corrected chi connectivity index (χ0v) is 18.8. The van der Waals surface area contributed by atoms with E-state index < -0.39 is 0 Å². The number of rotatable bonds is 6. The van der Waals surface area contributed by atoms with Gasteiger partial charge in [0, 0.05) is 23.2 Å². The van der Waals surface area contributed by atoms with Crippen molar-refractivity contribution in [1.29, 1.82) is 0 Å². The fraction of sp³-hybridized carbons (Fsp3) is 0.360. The Bertz CT molecular complexity index is 1030. The summed E-state index contributed by atoms with van der Waals surface area (Å²) in [5.41, 5.74) is 8.62. The number of anilines is 1. The molecule has 0 heterocycles. The Morgan fingerprint density at radius 3 is 2.06 bits per heavy atom. The second-order valence-corrected chi connectivity index (χ2v) is 9.87. The summed E-state index contributed by atoms with van der Waals surface area (Å²) in [7, 11) is 0. The summed E-state index contributed by atoms with van der Waals surface area (Å²) in [6, 6.07) is 15.5. The van der Waals surface area contributed by atoms with E-state index in [1.807, 2.05) is 48.5 Å². The molecule has 1 spiro atoms. The first-order chi connectivity index (χ1) is 15.0. The monoisotopic (exact) mass is 479 g/mol. The molecule has 2 bridgehead atoms. The number of carbonyl (C=O) groups is 2. The van der Waals surface area contributed by atoms with Gasteiger partial charge in [-0.05, 0) is 65.5 Å². The predicted molar refractivity (Wildman–Crippen MR) is 124 cm³/mol. The van der Waals surface area contributed by atoms with Crippen molar-refractivity contribution in [1.82, 2.24) is 5.32 Å². The highest BCUT2D eigenvalue weighted by Gasteiger charge is 2.69. The Balaban J connectivity index is 1.32.